The molecule has 0 bridgehead atoms. The van der Waals surface area contributed by atoms with Gasteiger partial charge in [0.1, 0.15) is 5.82 Å². The van der Waals surface area contributed by atoms with Crippen LogP contribution in [0, 0.1) is 18.2 Å². The zero-order valence-electron chi connectivity index (χ0n) is 13.2. The summed E-state index contributed by atoms with van der Waals surface area (Å²) in [5, 5.41) is 11.7. The molecular formula is C16H25FN2O2. The summed E-state index contributed by atoms with van der Waals surface area (Å²) in [5.41, 5.74) is 1.23. The van der Waals surface area contributed by atoms with Crippen LogP contribution in [0.1, 0.15) is 32.8 Å². The highest BCUT2D eigenvalue weighted by molar-refractivity contribution is 5.90. The highest BCUT2D eigenvalue weighted by atomic mass is 19.1. The van der Waals surface area contributed by atoms with Gasteiger partial charge in [-0.25, -0.2) is 9.18 Å². The van der Waals surface area contributed by atoms with Crippen LogP contribution in [0.5, 0.6) is 0 Å². The van der Waals surface area contributed by atoms with E-state index < -0.39 is 0 Å². The Kier molecular flexibility index (Phi) is 6.15. The first-order valence-corrected chi connectivity index (χ1v) is 7.16. The molecule has 2 N–H and O–H groups in total. The molecule has 1 rings (SSSR count). The van der Waals surface area contributed by atoms with Gasteiger partial charge in [0, 0.05) is 25.4 Å². The number of nitrogens with zero attached hydrogens (tertiary/aromatic N) is 1. The zero-order chi connectivity index (χ0) is 16.0. The molecular weight excluding hydrogens is 271 g/mol. The van der Waals surface area contributed by atoms with Crippen molar-refractivity contribution in [1.29, 1.82) is 0 Å². The Labute approximate surface area is 126 Å². The number of anilines is 1. The molecule has 0 saturated carbocycles. The van der Waals surface area contributed by atoms with E-state index in [9.17, 15) is 9.18 Å². The number of carbonyl (C=O) groups excluding carboxylic acids is 1. The lowest BCUT2D eigenvalue weighted by Gasteiger charge is -2.30. The van der Waals surface area contributed by atoms with Crippen molar-refractivity contribution in [2.75, 3.05) is 25.0 Å². The fraction of sp³-hybridized carbons (Fsp3) is 0.562. The molecule has 2 amide bonds. The third-order valence-corrected chi connectivity index (χ3v) is 2.98. The van der Waals surface area contributed by atoms with Gasteiger partial charge in [-0.3, -0.25) is 0 Å². The first-order chi connectivity index (χ1) is 9.73. The Bertz CT molecular complexity index is 484. The SMILES string of the molecule is Cc1ccc(F)cc1NC(=O)N(CCCO)CC(C)(C)C. The van der Waals surface area contributed by atoms with Crippen LogP contribution < -0.4 is 5.32 Å². The van der Waals surface area contributed by atoms with Crippen LogP contribution in [0.15, 0.2) is 18.2 Å². The molecule has 5 heteroatoms. The topological polar surface area (TPSA) is 52.6 Å². The Hall–Kier alpha value is -1.62. The number of halogens is 1. The van der Waals surface area contributed by atoms with Crippen molar-refractivity contribution >= 4 is 11.7 Å². The molecule has 0 saturated heterocycles. The lowest BCUT2D eigenvalue weighted by Crippen LogP contribution is -2.41. The summed E-state index contributed by atoms with van der Waals surface area (Å²) in [6, 6.07) is 4.04. The van der Waals surface area contributed by atoms with Crippen molar-refractivity contribution in [3.05, 3.63) is 29.6 Å². The number of nitrogens with one attached hydrogen (secondary N) is 1. The maximum Gasteiger partial charge on any atom is 0.321 e. The molecule has 0 radical (unpaired) electrons. The minimum absolute atomic E-state index is 0.0346. The van der Waals surface area contributed by atoms with Crippen LogP contribution in [0.25, 0.3) is 0 Å². The van der Waals surface area contributed by atoms with Crippen molar-refractivity contribution in [3.8, 4) is 0 Å². The highest BCUT2D eigenvalue weighted by Crippen LogP contribution is 2.19. The number of hydrogen-bond acceptors (Lipinski definition) is 2. The van der Waals surface area contributed by atoms with Crippen molar-refractivity contribution < 1.29 is 14.3 Å². The molecule has 0 heterocycles. The maximum atomic E-state index is 13.3. The number of hydrogen-bond donors (Lipinski definition) is 2. The van der Waals surface area contributed by atoms with Crippen LogP contribution in [0.2, 0.25) is 0 Å². The van der Waals surface area contributed by atoms with Gasteiger partial charge in [-0.05, 0) is 36.5 Å². The predicted octanol–water partition coefficient (Wildman–Crippen LogP) is 3.40. The molecule has 1 aromatic carbocycles. The van der Waals surface area contributed by atoms with Crippen LogP contribution in [-0.4, -0.2) is 35.7 Å². The fourth-order valence-electron chi connectivity index (χ4n) is 2.01. The van der Waals surface area contributed by atoms with E-state index in [4.69, 9.17) is 5.11 Å². The van der Waals surface area contributed by atoms with Gasteiger partial charge in [-0.2, -0.15) is 0 Å². The van der Waals surface area contributed by atoms with Crippen LogP contribution in [0.4, 0.5) is 14.9 Å². The predicted molar refractivity (Wildman–Crippen MR) is 82.9 cm³/mol. The minimum atomic E-state index is -0.381. The Balaban J connectivity index is 2.82. The Morgan fingerprint density at radius 3 is 2.62 bits per heavy atom. The van der Waals surface area contributed by atoms with Crippen LogP contribution in [0.3, 0.4) is 0 Å². The van der Waals surface area contributed by atoms with Crippen LogP contribution >= 0.6 is 0 Å². The molecule has 1 aromatic rings. The maximum absolute atomic E-state index is 13.3. The zero-order valence-corrected chi connectivity index (χ0v) is 13.2. The molecule has 0 aliphatic heterocycles. The lowest BCUT2D eigenvalue weighted by atomic mass is 9.96. The van der Waals surface area contributed by atoms with Gasteiger partial charge in [-0.1, -0.05) is 26.8 Å². The summed E-state index contributed by atoms with van der Waals surface area (Å²) >= 11 is 0. The van der Waals surface area contributed by atoms with Gasteiger partial charge in [0.15, 0.2) is 0 Å². The van der Waals surface area contributed by atoms with Gasteiger partial charge < -0.3 is 15.3 Å². The van der Waals surface area contributed by atoms with E-state index in [-0.39, 0.29) is 23.9 Å². The quantitative estimate of drug-likeness (QED) is 0.875. The number of benzene rings is 1. The number of aryl methyl sites for hydroxylation is 1. The third kappa shape index (κ3) is 6.12. The smallest absolute Gasteiger partial charge is 0.321 e. The molecule has 21 heavy (non-hydrogen) atoms. The first kappa shape index (κ1) is 17.4. The van der Waals surface area contributed by atoms with E-state index in [1.54, 1.807) is 11.0 Å². The van der Waals surface area contributed by atoms with E-state index in [1.165, 1.54) is 12.1 Å². The van der Waals surface area contributed by atoms with E-state index in [0.717, 1.165) is 5.56 Å². The average Bonchev–Trinajstić information content (AvgIpc) is 2.37. The number of rotatable bonds is 5. The number of carbonyl (C=O) groups is 1. The molecule has 0 atom stereocenters. The van der Waals surface area contributed by atoms with Crippen molar-refractivity contribution in [3.63, 3.8) is 0 Å². The standard InChI is InChI=1S/C16H25FN2O2/c1-12-6-7-13(17)10-14(12)18-15(21)19(8-5-9-20)11-16(2,3)4/h6-7,10,20H,5,8-9,11H2,1-4H3,(H,18,21). The number of aliphatic hydroxyl groups is 1. The third-order valence-electron chi connectivity index (χ3n) is 2.98. The summed E-state index contributed by atoms with van der Waals surface area (Å²) < 4.78 is 13.3. The van der Waals surface area contributed by atoms with Gasteiger partial charge in [0.25, 0.3) is 0 Å². The molecule has 4 nitrogen and oxygen atoms in total. The van der Waals surface area contributed by atoms with E-state index in [1.807, 2.05) is 27.7 Å². The van der Waals surface area contributed by atoms with Gasteiger partial charge >= 0.3 is 6.03 Å². The van der Waals surface area contributed by atoms with E-state index in [2.05, 4.69) is 5.32 Å². The van der Waals surface area contributed by atoms with E-state index in [0.29, 0.717) is 25.2 Å². The number of amides is 2. The summed E-state index contributed by atoms with van der Waals surface area (Å²) in [5.74, 6) is -0.381. The number of urea groups is 1. The summed E-state index contributed by atoms with van der Waals surface area (Å²) in [6.07, 6.45) is 0.519. The van der Waals surface area contributed by atoms with Crippen molar-refractivity contribution in [2.24, 2.45) is 5.41 Å². The molecule has 0 spiro atoms. The van der Waals surface area contributed by atoms with Gasteiger partial charge in [-0.15, -0.1) is 0 Å². The summed E-state index contributed by atoms with van der Waals surface area (Å²) in [6.45, 7) is 9.00. The monoisotopic (exact) mass is 296 g/mol. The molecule has 0 unspecified atom stereocenters. The molecule has 118 valence electrons. The normalized spacial score (nSPS) is 11.3. The van der Waals surface area contributed by atoms with E-state index >= 15 is 0 Å². The van der Waals surface area contributed by atoms with Gasteiger partial charge in [0.2, 0.25) is 0 Å². The second kappa shape index (κ2) is 7.41. The summed E-state index contributed by atoms with van der Waals surface area (Å²) in [7, 11) is 0. The minimum Gasteiger partial charge on any atom is -0.396 e. The fourth-order valence-corrected chi connectivity index (χ4v) is 2.01. The largest absolute Gasteiger partial charge is 0.396 e. The molecule has 0 aliphatic rings. The van der Waals surface area contributed by atoms with Gasteiger partial charge in [0.05, 0.1) is 0 Å². The Morgan fingerprint density at radius 1 is 1.38 bits per heavy atom. The number of aliphatic hydroxyl groups excluding tert-OH is 1. The highest BCUT2D eigenvalue weighted by Gasteiger charge is 2.21. The van der Waals surface area contributed by atoms with Crippen molar-refractivity contribution in [1.82, 2.24) is 4.90 Å². The molecule has 0 fully saturated rings. The first-order valence-electron chi connectivity index (χ1n) is 7.16. The second-order valence-corrected chi connectivity index (χ2v) is 6.45. The van der Waals surface area contributed by atoms with Crippen molar-refractivity contribution in [2.45, 2.75) is 34.1 Å². The lowest BCUT2D eigenvalue weighted by molar-refractivity contribution is 0.176. The van der Waals surface area contributed by atoms with Crippen LogP contribution in [-0.2, 0) is 0 Å². The summed E-state index contributed by atoms with van der Waals surface area (Å²) in [4.78, 5) is 14.0. The average molecular weight is 296 g/mol. The molecule has 0 aromatic heterocycles. The Morgan fingerprint density at radius 2 is 2.05 bits per heavy atom. The molecule has 0 aliphatic carbocycles. The second-order valence-electron chi connectivity index (χ2n) is 6.45.